The average Bonchev–Trinajstić information content (AvgIpc) is 2.41. The Morgan fingerprint density at radius 3 is 2.86 bits per heavy atom. The maximum absolute atomic E-state index is 10.9. The average molecular weight is 310 g/mol. The van der Waals surface area contributed by atoms with Gasteiger partial charge >= 0.3 is 0 Å². The number of nitrogens with zero attached hydrogens (tertiary/aromatic N) is 1. The third kappa shape index (κ3) is 2.85. The molecule has 1 aromatic rings. The molecule has 0 aromatic heterocycles. The van der Waals surface area contributed by atoms with Crippen molar-refractivity contribution >= 4 is 23.0 Å². The van der Waals surface area contributed by atoms with Crippen molar-refractivity contribution in [2.45, 2.75) is 50.6 Å². The first-order chi connectivity index (χ1) is 9.99. The van der Waals surface area contributed by atoms with Crippen LogP contribution in [0.25, 0.3) is 0 Å². The van der Waals surface area contributed by atoms with Gasteiger partial charge in [0.25, 0.3) is 5.69 Å². The van der Waals surface area contributed by atoms with E-state index in [1.165, 1.54) is 19.3 Å². The van der Waals surface area contributed by atoms with E-state index in [9.17, 15) is 10.1 Å². The number of benzene rings is 1. The molecule has 1 heterocycles. The summed E-state index contributed by atoms with van der Waals surface area (Å²) in [6.45, 7) is 2.91. The van der Waals surface area contributed by atoms with Gasteiger partial charge in [-0.05, 0) is 57.2 Å². The SMILES string of the molecule is Cc1cc([N+](=O)[O-])c(Cl)cc1NC1CCNC2(CCC2)C1. The quantitative estimate of drug-likeness (QED) is 0.660. The summed E-state index contributed by atoms with van der Waals surface area (Å²) < 4.78 is 0. The Morgan fingerprint density at radius 2 is 2.24 bits per heavy atom. The number of nitrogens with one attached hydrogen (secondary N) is 2. The van der Waals surface area contributed by atoms with Crippen LogP contribution in [0.5, 0.6) is 0 Å². The molecule has 1 saturated carbocycles. The first-order valence-electron chi connectivity index (χ1n) is 7.45. The van der Waals surface area contributed by atoms with Crippen molar-refractivity contribution in [3.8, 4) is 0 Å². The van der Waals surface area contributed by atoms with E-state index in [-0.39, 0.29) is 10.7 Å². The van der Waals surface area contributed by atoms with Gasteiger partial charge in [0.1, 0.15) is 5.02 Å². The maximum atomic E-state index is 10.9. The van der Waals surface area contributed by atoms with E-state index in [0.29, 0.717) is 11.6 Å². The van der Waals surface area contributed by atoms with Gasteiger partial charge in [-0.25, -0.2) is 0 Å². The fourth-order valence-electron chi connectivity index (χ4n) is 3.45. The molecule has 1 saturated heterocycles. The summed E-state index contributed by atoms with van der Waals surface area (Å²) in [5.74, 6) is 0. The van der Waals surface area contributed by atoms with Crippen LogP contribution in [0.3, 0.4) is 0 Å². The molecule has 1 aromatic carbocycles. The molecule has 114 valence electrons. The van der Waals surface area contributed by atoms with Crippen LogP contribution in [-0.4, -0.2) is 23.0 Å². The van der Waals surface area contributed by atoms with Gasteiger partial charge in [0.2, 0.25) is 0 Å². The Balaban J connectivity index is 1.75. The fourth-order valence-corrected chi connectivity index (χ4v) is 3.68. The Kier molecular flexibility index (Phi) is 3.80. The van der Waals surface area contributed by atoms with Crippen LogP contribution in [0, 0.1) is 17.0 Å². The predicted molar refractivity (Wildman–Crippen MR) is 84.1 cm³/mol. The summed E-state index contributed by atoms with van der Waals surface area (Å²) in [4.78, 5) is 10.5. The lowest BCUT2D eigenvalue weighted by Crippen LogP contribution is -2.58. The van der Waals surface area contributed by atoms with Crippen molar-refractivity contribution in [1.82, 2.24) is 5.32 Å². The molecule has 2 N–H and O–H groups in total. The number of hydrogen-bond acceptors (Lipinski definition) is 4. The first-order valence-corrected chi connectivity index (χ1v) is 7.83. The van der Waals surface area contributed by atoms with Crippen LogP contribution in [-0.2, 0) is 0 Å². The second-order valence-electron chi connectivity index (χ2n) is 6.27. The summed E-state index contributed by atoms with van der Waals surface area (Å²) in [6.07, 6.45) is 6.00. The lowest BCUT2D eigenvalue weighted by atomic mass is 9.70. The Morgan fingerprint density at radius 1 is 1.48 bits per heavy atom. The smallest absolute Gasteiger partial charge is 0.288 e. The summed E-state index contributed by atoms with van der Waals surface area (Å²) in [5, 5.41) is 18.3. The largest absolute Gasteiger partial charge is 0.382 e. The maximum Gasteiger partial charge on any atom is 0.288 e. The summed E-state index contributed by atoms with van der Waals surface area (Å²) in [5.41, 5.74) is 2.08. The van der Waals surface area contributed by atoms with E-state index in [1.54, 1.807) is 12.1 Å². The molecular formula is C15H20ClN3O2. The molecule has 3 rings (SSSR count). The Hall–Kier alpha value is -1.33. The molecule has 6 heteroatoms. The minimum atomic E-state index is -0.438. The molecule has 5 nitrogen and oxygen atoms in total. The number of nitro benzene ring substituents is 1. The van der Waals surface area contributed by atoms with Gasteiger partial charge in [-0.15, -0.1) is 0 Å². The second-order valence-corrected chi connectivity index (χ2v) is 6.68. The molecule has 0 amide bonds. The molecule has 0 radical (unpaired) electrons. The lowest BCUT2D eigenvalue weighted by molar-refractivity contribution is -0.384. The fraction of sp³-hybridized carbons (Fsp3) is 0.600. The van der Waals surface area contributed by atoms with Crippen molar-refractivity contribution in [2.75, 3.05) is 11.9 Å². The highest BCUT2D eigenvalue weighted by atomic mass is 35.5. The van der Waals surface area contributed by atoms with E-state index in [0.717, 1.165) is 30.6 Å². The highest BCUT2D eigenvalue weighted by molar-refractivity contribution is 6.33. The molecular weight excluding hydrogens is 290 g/mol. The number of rotatable bonds is 3. The molecule has 2 aliphatic rings. The van der Waals surface area contributed by atoms with Crippen molar-refractivity contribution in [3.63, 3.8) is 0 Å². The minimum Gasteiger partial charge on any atom is -0.382 e. The molecule has 1 unspecified atom stereocenters. The number of anilines is 1. The van der Waals surface area contributed by atoms with Crippen LogP contribution in [0.2, 0.25) is 5.02 Å². The Bertz CT molecular complexity index is 572. The van der Waals surface area contributed by atoms with Gasteiger partial charge < -0.3 is 10.6 Å². The molecule has 1 spiro atoms. The normalized spacial score (nSPS) is 23.6. The first kappa shape index (κ1) is 14.6. The van der Waals surface area contributed by atoms with Gasteiger partial charge in [-0.3, -0.25) is 10.1 Å². The van der Waals surface area contributed by atoms with Gasteiger partial charge in [-0.1, -0.05) is 11.6 Å². The third-order valence-corrected chi connectivity index (χ3v) is 5.09. The molecule has 1 atom stereocenters. The molecule has 0 bridgehead atoms. The number of halogens is 1. The monoisotopic (exact) mass is 309 g/mol. The predicted octanol–water partition coefficient (Wildman–Crippen LogP) is 3.64. The Labute approximate surface area is 129 Å². The standard InChI is InChI=1S/C15H20ClN3O2/c1-10-7-14(19(20)21)12(16)8-13(10)18-11-3-6-17-15(9-11)4-2-5-15/h7-8,11,17-18H,2-6,9H2,1H3. The van der Waals surface area contributed by atoms with E-state index in [4.69, 9.17) is 11.6 Å². The zero-order valence-corrected chi connectivity index (χ0v) is 12.9. The van der Waals surface area contributed by atoms with Gasteiger partial charge in [0.15, 0.2) is 0 Å². The highest BCUT2D eigenvalue weighted by Crippen LogP contribution is 2.39. The summed E-state index contributed by atoms with van der Waals surface area (Å²) in [7, 11) is 0. The van der Waals surface area contributed by atoms with E-state index < -0.39 is 4.92 Å². The zero-order valence-electron chi connectivity index (χ0n) is 12.1. The topological polar surface area (TPSA) is 67.2 Å². The number of piperidine rings is 1. The number of aryl methyl sites for hydroxylation is 1. The van der Waals surface area contributed by atoms with E-state index in [1.807, 2.05) is 6.92 Å². The van der Waals surface area contributed by atoms with Gasteiger partial charge in [0, 0.05) is 23.3 Å². The second kappa shape index (κ2) is 5.46. The zero-order chi connectivity index (χ0) is 15.0. The van der Waals surface area contributed by atoms with Crippen molar-refractivity contribution in [2.24, 2.45) is 0 Å². The molecule has 21 heavy (non-hydrogen) atoms. The highest BCUT2D eigenvalue weighted by Gasteiger charge is 2.40. The van der Waals surface area contributed by atoms with E-state index in [2.05, 4.69) is 10.6 Å². The minimum absolute atomic E-state index is 0.0273. The van der Waals surface area contributed by atoms with Crippen LogP contribution in [0.15, 0.2) is 12.1 Å². The van der Waals surface area contributed by atoms with Gasteiger partial charge in [-0.2, -0.15) is 0 Å². The number of nitro groups is 1. The van der Waals surface area contributed by atoms with Crippen molar-refractivity contribution in [3.05, 3.63) is 32.8 Å². The molecule has 1 aliphatic carbocycles. The lowest BCUT2D eigenvalue weighted by Gasteiger charge is -2.48. The molecule has 2 fully saturated rings. The summed E-state index contributed by atoms with van der Waals surface area (Å²) in [6, 6.07) is 3.64. The molecule has 1 aliphatic heterocycles. The summed E-state index contributed by atoms with van der Waals surface area (Å²) >= 11 is 6.01. The van der Waals surface area contributed by atoms with Crippen molar-refractivity contribution in [1.29, 1.82) is 0 Å². The van der Waals surface area contributed by atoms with Crippen LogP contribution < -0.4 is 10.6 Å². The van der Waals surface area contributed by atoms with Crippen LogP contribution in [0.1, 0.15) is 37.7 Å². The number of hydrogen-bond donors (Lipinski definition) is 2. The van der Waals surface area contributed by atoms with Crippen LogP contribution >= 0.6 is 11.6 Å². The van der Waals surface area contributed by atoms with Crippen molar-refractivity contribution < 1.29 is 4.92 Å². The van der Waals surface area contributed by atoms with Gasteiger partial charge in [0.05, 0.1) is 4.92 Å². The third-order valence-electron chi connectivity index (χ3n) is 4.79. The van der Waals surface area contributed by atoms with E-state index >= 15 is 0 Å². The van der Waals surface area contributed by atoms with Crippen LogP contribution in [0.4, 0.5) is 11.4 Å².